The van der Waals surface area contributed by atoms with Crippen molar-refractivity contribution in [1.82, 2.24) is 0 Å². The monoisotopic (exact) mass is 256 g/mol. The van der Waals surface area contributed by atoms with Gasteiger partial charge in [0.15, 0.2) is 0 Å². The van der Waals surface area contributed by atoms with E-state index in [1.54, 1.807) is 6.92 Å². The van der Waals surface area contributed by atoms with E-state index in [0.29, 0.717) is 13.0 Å². The average molecular weight is 256 g/mol. The van der Waals surface area contributed by atoms with Crippen molar-refractivity contribution >= 4 is 11.8 Å². The summed E-state index contributed by atoms with van der Waals surface area (Å²) in [4.78, 5) is 23.2. The second-order valence-corrected chi connectivity index (χ2v) is 5.11. The minimum absolute atomic E-state index is 0.00530. The number of hydrogen-bond acceptors (Lipinski definition) is 3. The van der Waals surface area contributed by atoms with Gasteiger partial charge in [-0.3, -0.25) is 9.59 Å². The van der Waals surface area contributed by atoms with Crippen LogP contribution in [-0.2, 0) is 14.3 Å². The standard InChI is InChI=1S/C15H28O3/c1-5-7-8-9-14(13(4)16)12(3)11-15(17)18-10-6-2/h12,14H,5-11H2,1-4H3. The Morgan fingerprint density at radius 3 is 2.28 bits per heavy atom. The third-order valence-corrected chi connectivity index (χ3v) is 3.28. The van der Waals surface area contributed by atoms with Gasteiger partial charge in [0, 0.05) is 12.3 Å². The molecule has 3 nitrogen and oxygen atoms in total. The molecule has 0 bridgehead atoms. The molecule has 0 fully saturated rings. The molecule has 2 atom stereocenters. The summed E-state index contributed by atoms with van der Waals surface area (Å²) in [5.74, 6) is 0.113. The molecule has 0 saturated heterocycles. The van der Waals surface area contributed by atoms with Gasteiger partial charge in [-0.2, -0.15) is 0 Å². The Kier molecular flexibility index (Phi) is 9.62. The maximum absolute atomic E-state index is 11.6. The second-order valence-electron chi connectivity index (χ2n) is 5.11. The summed E-state index contributed by atoms with van der Waals surface area (Å²) < 4.78 is 5.07. The van der Waals surface area contributed by atoms with Gasteiger partial charge < -0.3 is 4.74 Å². The first-order valence-electron chi connectivity index (χ1n) is 7.18. The Labute approximate surface area is 111 Å². The number of unbranched alkanes of at least 4 members (excludes halogenated alkanes) is 2. The van der Waals surface area contributed by atoms with Gasteiger partial charge in [-0.1, -0.05) is 40.0 Å². The molecule has 106 valence electrons. The normalized spacial score (nSPS) is 14.0. The lowest BCUT2D eigenvalue weighted by Crippen LogP contribution is -2.23. The zero-order valence-corrected chi connectivity index (χ0v) is 12.3. The lowest BCUT2D eigenvalue weighted by atomic mass is 9.84. The highest BCUT2D eigenvalue weighted by Gasteiger charge is 2.24. The van der Waals surface area contributed by atoms with E-state index in [0.717, 1.165) is 32.1 Å². The van der Waals surface area contributed by atoms with E-state index in [1.165, 1.54) is 0 Å². The van der Waals surface area contributed by atoms with Crippen molar-refractivity contribution in [2.24, 2.45) is 11.8 Å². The number of carbonyl (C=O) groups excluding carboxylic acids is 2. The van der Waals surface area contributed by atoms with Crippen molar-refractivity contribution in [2.45, 2.75) is 66.2 Å². The molecule has 0 saturated carbocycles. The molecule has 0 N–H and O–H groups in total. The van der Waals surface area contributed by atoms with E-state index in [-0.39, 0.29) is 23.6 Å². The van der Waals surface area contributed by atoms with Crippen LogP contribution in [0, 0.1) is 11.8 Å². The first kappa shape index (κ1) is 17.1. The van der Waals surface area contributed by atoms with Crippen molar-refractivity contribution in [2.75, 3.05) is 6.61 Å². The molecule has 0 aliphatic heterocycles. The van der Waals surface area contributed by atoms with Crippen molar-refractivity contribution in [3.63, 3.8) is 0 Å². The highest BCUT2D eigenvalue weighted by molar-refractivity contribution is 5.79. The molecule has 0 rings (SSSR count). The van der Waals surface area contributed by atoms with Crippen molar-refractivity contribution in [3.8, 4) is 0 Å². The minimum Gasteiger partial charge on any atom is -0.466 e. The van der Waals surface area contributed by atoms with Crippen molar-refractivity contribution < 1.29 is 14.3 Å². The summed E-state index contributed by atoms with van der Waals surface area (Å²) >= 11 is 0. The summed E-state index contributed by atoms with van der Waals surface area (Å²) in [6.07, 6.45) is 5.46. The molecule has 0 aliphatic carbocycles. The Balaban J connectivity index is 4.16. The predicted octanol–water partition coefficient (Wildman–Crippen LogP) is 3.75. The van der Waals surface area contributed by atoms with Crippen LogP contribution in [0.15, 0.2) is 0 Å². The van der Waals surface area contributed by atoms with Crippen LogP contribution in [0.5, 0.6) is 0 Å². The van der Waals surface area contributed by atoms with E-state index >= 15 is 0 Å². The largest absolute Gasteiger partial charge is 0.466 e. The van der Waals surface area contributed by atoms with Gasteiger partial charge in [0.05, 0.1) is 6.61 Å². The van der Waals surface area contributed by atoms with E-state index in [2.05, 4.69) is 6.92 Å². The van der Waals surface area contributed by atoms with Crippen LogP contribution in [-0.4, -0.2) is 18.4 Å². The summed E-state index contributed by atoms with van der Waals surface area (Å²) in [6, 6.07) is 0. The Bertz CT molecular complexity index is 248. The summed E-state index contributed by atoms with van der Waals surface area (Å²) in [5.41, 5.74) is 0. The summed E-state index contributed by atoms with van der Waals surface area (Å²) in [7, 11) is 0. The van der Waals surface area contributed by atoms with Gasteiger partial charge in [0.2, 0.25) is 0 Å². The van der Waals surface area contributed by atoms with Gasteiger partial charge in [-0.05, 0) is 25.7 Å². The Hall–Kier alpha value is -0.860. The number of ether oxygens (including phenoxy) is 1. The smallest absolute Gasteiger partial charge is 0.306 e. The molecule has 0 heterocycles. The highest BCUT2D eigenvalue weighted by atomic mass is 16.5. The molecule has 3 heteroatoms. The van der Waals surface area contributed by atoms with Crippen LogP contribution >= 0.6 is 0 Å². The van der Waals surface area contributed by atoms with Gasteiger partial charge in [0.1, 0.15) is 5.78 Å². The van der Waals surface area contributed by atoms with Crippen molar-refractivity contribution in [1.29, 1.82) is 0 Å². The molecule has 0 aromatic carbocycles. The lowest BCUT2D eigenvalue weighted by molar-refractivity contribution is -0.145. The number of Topliss-reactive ketones (excluding diaryl/α,β-unsaturated/α-hetero) is 1. The molecule has 0 amide bonds. The zero-order valence-electron chi connectivity index (χ0n) is 12.3. The fraction of sp³-hybridized carbons (Fsp3) is 0.867. The summed E-state index contributed by atoms with van der Waals surface area (Å²) in [5, 5.41) is 0. The Morgan fingerprint density at radius 2 is 1.78 bits per heavy atom. The number of hydrogen-bond donors (Lipinski definition) is 0. The molecule has 2 unspecified atom stereocenters. The number of carbonyl (C=O) groups is 2. The van der Waals surface area contributed by atoms with E-state index in [1.807, 2.05) is 13.8 Å². The third kappa shape index (κ3) is 7.46. The van der Waals surface area contributed by atoms with Crippen LogP contribution in [0.1, 0.15) is 66.2 Å². The van der Waals surface area contributed by atoms with Crippen LogP contribution in [0.2, 0.25) is 0 Å². The van der Waals surface area contributed by atoms with Gasteiger partial charge in [0.25, 0.3) is 0 Å². The van der Waals surface area contributed by atoms with E-state index in [9.17, 15) is 9.59 Å². The fourth-order valence-corrected chi connectivity index (χ4v) is 2.18. The maximum Gasteiger partial charge on any atom is 0.306 e. The van der Waals surface area contributed by atoms with E-state index in [4.69, 9.17) is 4.74 Å². The first-order chi connectivity index (χ1) is 8.52. The third-order valence-electron chi connectivity index (χ3n) is 3.28. The number of rotatable bonds is 10. The molecule has 0 aromatic rings. The minimum atomic E-state index is -0.175. The highest BCUT2D eigenvalue weighted by Crippen LogP contribution is 2.23. The predicted molar refractivity (Wildman–Crippen MR) is 73.3 cm³/mol. The molecule has 0 spiro atoms. The first-order valence-corrected chi connectivity index (χ1v) is 7.18. The zero-order chi connectivity index (χ0) is 14.0. The quantitative estimate of drug-likeness (QED) is 0.441. The SMILES string of the molecule is CCCCCC(C(C)=O)C(C)CC(=O)OCCC. The fourth-order valence-electron chi connectivity index (χ4n) is 2.18. The topological polar surface area (TPSA) is 43.4 Å². The van der Waals surface area contributed by atoms with Gasteiger partial charge >= 0.3 is 5.97 Å². The van der Waals surface area contributed by atoms with Crippen LogP contribution in [0.4, 0.5) is 0 Å². The van der Waals surface area contributed by atoms with Gasteiger partial charge in [-0.15, -0.1) is 0 Å². The van der Waals surface area contributed by atoms with Crippen LogP contribution in [0.25, 0.3) is 0 Å². The van der Waals surface area contributed by atoms with Crippen molar-refractivity contribution in [3.05, 3.63) is 0 Å². The van der Waals surface area contributed by atoms with Crippen LogP contribution in [0.3, 0.4) is 0 Å². The number of esters is 1. The van der Waals surface area contributed by atoms with Crippen LogP contribution < -0.4 is 0 Å². The lowest BCUT2D eigenvalue weighted by Gasteiger charge is -2.20. The maximum atomic E-state index is 11.6. The molecule has 0 aliphatic rings. The molecule has 18 heavy (non-hydrogen) atoms. The molecular formula is C15H28O3. The molecular weight excluding hydrogens is 228 g/mol. The Morgan fingerprint density at radius 1 is 1.11 bits per heavy atom. The average Bonchev–Trinajstić information content (AvgIpc) is 2.31. The number of ketones is 1. The second kappa shape index (κ2) is 10.1. The molecule has 0 aromatic heterocycles. The van der Waals surface area contributed by atoms with Gasteiger partial charge in [-0.25, -0.2) is 0 Å². The van der Waals surface area contributed by atoms with E-state index < -0.39 is 0 Å². The molecule has 0 radical (unpaired) electrons. The summed E-state index contributed by atoms with van der Waals surface area (Å²) in [6.45, 7) is 8.20.